The number of benzene rings is 1. The average molecular weight is 364 g/mol. The van der Waals surface area contributed by atoms with Crippen LogP contribution in [0.1, 0.15) is 22.7 Å². The summed E-state index contributed by atoms with van der Waals surface area (Å²) in [5.41, 5.74) is 1.25. The number of hydrogen-bond donors (Lipinski definition) is 0. The minimum Gasteiger partial charge on any atom is -0.454 e. The molecule has 1 saturated heterocycles. The maximum absolute atomic E-state index is 12.7. The summed E-state index contributed by atoms with van der Waals surface area (Å²) in [6, 6.07) is 14.1. The van der Waals surface area contributed by atoms with Crippen LogP contribution in [0, 0.1) is 5.92 Å². The Bertz CT molecular complexity index is 873. The Kier molecular flexibility index (Phi) is 4.96. The second kappa shape index (κ2) is 7.70. The third-order valence-corrected chi connectivity index (χ3v) is 5.06. The van der Waals surface area contributed by atoms with Crippen molar-refractivity contribution in [2.75, 3.05) is 31.6 Å². The highest BCUT2D eigenvalue weighted by molar-refractivity contribution is 5.91. The van der Waals surface area contributed by atoms with Crippen molar-refractivity contribution in [3.05, 3.63) is 72.7 Å². The van der Waals surface area contributed by atoms with E-state index in [0.717, 1.165) is 31.8 Å². The number of imidazole rings is 1. The van der Waals surface area contributed by atoms with Gasteiger partial charge in [-0.1, -0.05) is 18.2 Å². The van der Waals surface area contributed by atoms with Gasteiger partial charge in [0.25, 0.3) is 5.91 Å². The topological polar surface area (TPSA) is 54.5 Å². The zero-order valence-corrected chi connectivity index (χ0v) is 15.5. The first kappa shape index (κ1) is 17.4. The smallest absolute Gasteiger partial charge is 0.289 e. The van der Waals surface area contributed by atoms with Gasteiger partial charge in [-0.05, 0) is 36.6 Å². The summed E-state index contributed by atoms with van der Waals surface area (Å²) < 4.78 is 7.65. The first-order valence-corrected chi connectivity index (χ1v) is 9.29. The fourth-order valence-electron chi connectivity index (χ4n) is 3.65. The lowest BCUT2D eigenvalue weighted by atomic mass is 10.1. The van der Waals surface area contributed by atoms with E-state index >= 15 is 0 Å². The quantitative estimate of drug-likeness (QED) is 0.674. The van der Waals surface area contributed by atoms with Gasteiger partial charge in [0.1, 0.15) is 5.76 Å². The van der Waals surface area contributed by atoms with Crippen molar-refractivity contribution in [2.45, 2.75) is 13.0 Å². The SMILES string of the molecule is CN(C[C@@H]1CCN(c2ccccc2)C1)C(=O)c1ccc(Cn2ccnc2)o1. The molecule has 1 atom stereocenters. The van der Waals surface area contributed by atoms with Crippen molar-refractivity contribution < 1.29 is 9.21 Å². The summed E-state index contributed by atoms with van der Waals surface area (Å²) in [5.74, 6) is 1.55. The fraction of sp³-hybridized carbons (Fsp3) is 0.333. The monoisotopic (exact) mass is 364 g/mol. The maximum atomic E-state index is 12.7. The molecule has 1 aromatic carbocycles. The highest BCUT2D eigenvalue weighted by atomic mass is 16.4. The molecule has 140 valence electrons. The third-order valence-electron chi connectivity index (χ3n) is 5.06. The first-order chi connectivity index (χ1) is 13.2. The largest absolute Gasteiger partial charge is 0.454 e. The van der Waals surface area contributed by atoms with Crippen molar-refractivity contribution >= 4 is 11.6 Å². The molecule has 3 aromatic rings. The molecule has 0 unspecified atom stereocenters. The molecule has 0 spiro atoms. The van der Waals surface area contributed by atoms with E-state index in [1.807, 2.05) is 29.9 Å². The average Bonchev–Trinajstić information content (AvgIpc) is 3.44. The number of carbonyl (C=O) groups is 1. The molecule has 1 aliphatic heterocycles. The normalized spacial score (nSPS) is 16.6. The number of amides is 1. The molecule has 3 heterocycles. The van der Waals surface area contributed by atoms with E-state index in [9.17, 15) is 4.79 Å². The van der Waals surface area contributed by atoms with Crippen LogP contribution in [-0.4, -0.2) is 47.0 Å². The molecule has 2 aromatic heterocycles. The Morgan fingerprint density at radius 2 is 2.11 bits per heavy atom. The van der Waals surface area contributed by atoms with Gasteiger partial charge in [0.2, 0.25) is 0 Å². The highest BCUT2D eigenvalue weighted by Crippen LogP contribution is 2.24. The van der Waals surface area contributed by atoms with Gasteiger partial charge < -0.3 is 18.8 Å². The van der Waals surface area contributed by atoms with Crippen molar-refractivity contribution in [2.24, 2.45) is 5.92 Å². The molecule has 0 N–H and O–H groups in total. The van der Waals surface area contributed by atoms with Crippen LogP contribution < -0.4 is 4.90 Å². The van der Waals surface area contributed by atoms with Crippen molar-refractivity contribution in [1.29, 1.82) is 0 Å². The van der Waals surface area contributed by atoms with Crippen molar-refractivity contribution in [1.82, 2.24) is 14.5 Å². The molecule has 0 radical (unpaired) electrons. The minimum absolute atomic E-state index is 0.0648. The molecule has 6 nitrogen and oxygen atoms in total. The van der Waals surface area contributed by atoms with Gasteiger partial charge in [0, 0.05) is 44.8 Å². The van der Waals surface area contributed by atoms with Gasteiger partial charge in [-0.15, -0.1) is 0 Å². The van der Waals surface area contributed by atoms with E-state index in [2.05, 4.69) is 34.1 Å². The van der Waals surface area contributed by atoms with E-state index in [0.29, 0.717) is 18.2 Å². The number of furan rings is 1. The van der Waals surface area contributed by atoms with E-state index in [-0.39, 0.29) is 5.91 Å². The van der Waals surface area contributed by atoms with Crippen LogP contribution in [-0.2, 0) is 6.54 Å². The predicted molar refractivity (Wildman–Crippen MR) is 104 cm³/mol. The van der Waals surface area contributed by atoms with Crippen LogP contribution in [0.15, 0.2) is 65.6 Å². The van der Waals surface area contributed by atoms with Crippen LogP contribution in [0.5, 0.6) is 0 Å². The number of rotatable bonds is 6. The van der Waals surface area contributed by atoms with E-state index in [1.54, 1.807) is 23.5 Å². The molecule has 1 aliphatic rings. The van der Waals surface area contributed by atoms with Crippen LogP contribution >= 0.6 is 0 Å². The minimum atomic E-state index is -0.0648. The van der Waals surface area contributed by atoms with Gasteiger partial charge in [0.05, 0.1) is 12.9 Å². The van der Waals surface area contributed by atoms with Gasteiger partial charge >= 0.3 is 0 Å². The Labute approximate surface area is 159 Å². The van der Waals surface area contributed by atoms with Gasteiger partial charge in [-0.25, -0.2) is 4.98 Å². The van der Waals surface area contributed by atoms with E-state index < -0.39 is 0 Å². The molecule has 6 heteroatoms. The number of hydrogen-bond acceptors (Lipinski definition) is 4. The summed E-state index contributed by atoms with van der Waals surface area (Å²) in [4.78, 5) is 20.9. The predicted octanol–water partition coefficient (Wildman–Crippen LogP) is 3.12. The maximum Gasteiger partial charge on any atom is 0.289 e. The first-order valence-electron chi connectivity index (χ1n) is 9.29. The molecule has 4 rings (SSSR count). The van der Waals surface area contributed by atoms with Gasteiger partial charge in [0.15, 0.2) is 5.76 Å². The second-order valence-electron chi connectivity index (χ2n) is 7.12. The molecule has 0 aliphatic carbocycles. The third kappa shape index (κ3) is 4.05. The van der Waals surface area contributed by atoms with Crippen LogP contribution in [0.3, 0.4) is 0 Å². The van der Waals surface area contributed by atoms with E-state index in [4.69, 9.17) is 4.42 Å². The Morgan fingerprint density at radius 3 is 2.89 bits per heavy atom. The Morgan fingerprint density at radius 1 is 1.26 bits per heavy atom. The van der Waals surface area contributed by atoms with Crippen molar-refractivity contribution in [3.63, 3.8) is 0 Å². The zero-order chi connectivity index (χ0) is 18.6. The molecule has 0 saturated carbocycles. The highest BCUT2D eigenvalue weighted by Gasteiger charge is 2.26. The van der Waals surface area contributed by atoms with Crippen LogP contribution in [0.4, 0.5) is 5.69 Å². The summed E-state index contributed by atoms with van der Waals surface area (Å²) in [5, 5.41) is 0. The zero-order valence-electron chi connectivity index (χ0n) is 15.5. The summed E-state index contributed by atoms with van der Waals surface area (Å²) >= 11 is 0. The lowest BCUT2D eigenvalue weighted by Gasteiger charge is -2.22. The molecule has 1 fully saturated rings. The van der Waals surface area contributed by atoms with Crippen molar-refractivity contribution in [3.8, 4) is 0 Å². The molecular formula is C21H24N4O2. The Hall–Kier alpha value is -3.02. The number of aromatic nitrogens is 2. The molecular weight excluding hydrogens is 340 g/mol. The molecule has 0 bridgehead atoms. The summed E-state index contributed by atoms with van der Waals surface area (Å²) in [7, 11) is 1.85. The molecule has 27 heavy (non-hydrogen) atoms. The standard InChI is InChI=1S/C21H24N4O2/c1-23(13-17-9-11-25(14-17)18-5-3-2-4-6-18)21(26)20-8-7-19(27-20)15-24-12-10-22-16-24/h2-8,10,12,16-17H,9,11,13-15H2,1H3/t17-/m0/s1. The van der Waals surface area contributed by atoms with Crippen LogP contribution in [0.2, 0.25) is 0 Å². The summed E-state index contributed by atoms with van der Waals surface area (Å²) in [6.45, 7) is 3.32. The van der Waals surface area contributed by atoms with Crippen LogP contribution in [0.25, 0.3) is 0 Å². The Balaban J connectivity index is 1.32. The number of para-hydroxylation sites is 1. The molecule has 1 amide bonds. The van der Waals surface area contributed by atoms with E-state index in [1.165, 1.54) is 5.69 Å². The van der Waals surface area contributed by atoms with Gasteiger partial charge in [-0.2, -0.15) is 0 Å². The fourth-order valence-corrected chi connectivity index (χ4v) is 3.65. The summed E-state index contributed by atoms with van der Waals surface area (Å²) in [6.07, 6.45) is 6.42. The second-order valence-corrected chi connectivity index (χ2v) is 7.12. The lowest BCUT2D eigenvalue weighted by Crippen LogP contribution is -2.33. The number of carbonyl (C=O) groups excluding carboxylic acids is 1. The lowest BCUT2D eigenvalue weighted by molar-refractivity contribution is 0.0742. The number of anilines is 1. The number of nitrogens with zero attached hydrogens (tertiary/aromatic N) is 4. The van der Waals surface area contributed by atoms with Gasteiger partial charge in [-0.3, -0.25) is 4.79 Å².